The molecule has 0 saturated carbocycles. The molecule has 0 aromatic heterocycles. The summed E-state index contributed by atoms with van der Waals surface area (Å²) in [7, 11) is 0. The van der Waals surface area contributed by atoms with Gasteiger partial charge >= 0.3 is 11.9 Å². The van der Waals surface area contributed by atoms with Crippen LogP contribution in [0.25, 0.3) is 0 Å². The summed E-state index contributed by atoms with van der Waals surface area (Å²) in [6.07, 6.45) is -4.24. The lowest BCUT2D eigenvalue weighted by Crippen LogP contribution is -2.60. The number of ether oxygens (including phenoxy) is 2. The number of nitrogens with one attached hydrogen (secondary N) is 1. The monoisotopic (exact) mass is 550 g/mol. The number of carboxylic acid groups (broad SMARTS) is 3. The van der Waals surface area contributed by atoms with E-state index in [0.717, 1.165) is 0 Å². The van der Waals surface area contributed by atoms with Crippen LogP contribution in [0.3, 0.4) is 0 Å². The highest BCUT2D eigenvalue weighted by atomic mass is 16.7. The number of carbonyl (C=O) groups is 3. The Kier molecular flexibility index (Phi) is 7.89. The van der Waals surface area contributed by atoms with Crippen molar-refractivity contribution in [2.24, 2.45) is 0 Å². The summed E-state index contributed by atoms with van der Waals surface area (Å²) in [5, 5.41) is 82.9. The maximum Gasteiger partial charge on any atom is 0.351 e. The van der Waals surface area contributed by atoms with E-state index in [-0.39, 0.29) is 35.5 Å². The summed E-state index contributed by atoms with van der Waals surface area (Å²) in [6.45, 7) is -0.693. The van der Waals surface area contributed by atoms with E-state index < -0.39 is 73.1 Å². The van der Waals surface area contributed by atoms with E-state index >= 15 is 0 Å². The van der Waals surface area contributed by atoms with Gasteiger partial charge in [0.2, 0.25) is 18.0 Å². The van der Waals surface area contributed by atoms with Crippen LogP contribution in [0.1, 0.15) is 12.0 Å². The summed E-state index contributed by atoms with van der Waals surface area (Å²) in [5.74, 6) is -4.86. The fourth-order valence-corrected chi connectivity index (χ4v) is 4.57. The molecule has 1 aromatic rings. The zero-order chi connectivity index (χ0) is 28.6. The molecule has 15 nitrogen and oxygen atoms in total. The van der Waals surface area contributed by atoms with Gasteiger partial charge in [0.05, 0.1) is 12.7 Å². The number of carbonyl (C=O) groups excluding carboxylic acids is 1. The Morgan fingerprint density at radius 1 is 1.13 bits per heavy atom. The number of phenols is 1. The molecule has 3 heterocycles. The molecular formula is C24H26N2O13. The number of aliphatic carboxylic acids is 3. The van der Waals surface area contributed by atoms with Crippen molar-refractivity contribution in [2.45, 2.75) is 55.6 Å². The summed E-state index contributed by atoms with van der Waals surface area (Å²) in [6, 6.07) is -0.00207. The molecule has 0 unspecified atom stereocenters. The highest BCUT2D eigenvalue weighted by Crippen LogP contribution is 2.40. The van der Waals surface area contributed by atoms with E-state index in [4.69, 9.17) is 9.47 Å². The van der Waals surface area contributed by atoms with Crippen molar-refractivity contribution in [1.82, 2.24) is 5.32 Å². The van der Waals surface area contributed by atoms with Crippen LogP contribution in [0.15, 0.2) is 35.6 Å². The molecule has 4 rings (SSSR count). The highest BCUT2D eigenvalue weighted by molar-refractivity contribution is 5.89. The van der Waals surface area contributed by atoms with Crippen LogP contribution in [0.2, 0.25) is 0 Å². The van der Waals surface area contributed by atoms with Gasteiger partial charge in [-0.2, -0.15) is 4.58 Å². The molecule has 3 aliphatic rings. The summed E-state index contributed by atoms with van der Waals surface area (Å²) >= 11 is 0. The Labute approximate surface area is 219 Å². The Morgan fingerprint density at radius 3 is 2.46 bits per heavy atom. The second-order valence-corrected chi connectivity index (χ2v) is 9.20. The minimum atomic E-state index is -1.74. The number of aliphatic hydroxyl groups excluding tert-OH is 4. The molecule has 15 heteroatoms. The minimum Gasteiger partial charge on any atom is -0.543 e. The number of hydrogen-bond acceptors (Lipinski definition) is 12. The second-order valence-electron chi connectivity index (χ2n) is 9.20. The number of benzene rings is 1. The number of allylic oxidation sites excluding steroid dienone is 2. The highest BCUT2D eigenvalue weighted by Gasteiger charge is 2.45. The molecule has 7 atom stereocenters. The average molecular weight is 550 g/mol. The Morgan fingerprint density at radius 2 is 1.85 bits per heavy atom. The van der Waals surface area contributed by atoms with Gasteiger partial charge in [-0.15, -0.1) is 0 Å². The number of rotatable bonds is 7. The smallest absolute Gasteiger partial charge is 0.351 e. The summed E-state index contributed by atoms with van der Waals surface area (Å²) in [4.78, 5) is 34.7. The predicted molar refractivity (Wildman–Crippen MR) is 124 cm³/mol. The van der Waals surface area contributed by atoms with E-state index in [1.165, 1.54) is 35.1 Å². The van der Waals surface area contributed by atoms with Gasteiger partial charge in [-0.05, 0) is 17.7 Å². The lowest BCUT2D eigenvalue weighted by Gasteiger charge is -2.39. The number of fused-ring (bicyclic) bond motifs is 1. The first-order chi connectivity index (χ1) is 18.4. The molecule has 1 saturated heterocycles. The van der Waals surface area contributed by atoms with Crippen molar-refractivity contribution in [2.75, 3.05) is 6.61 Å². The SMILES string of the molecule is O=C(O)C1=C/C(=C/C=[N+]2c3cc(O)c(O[C@@H]4O[C@H](CO)[C@@H](O)[C@H](O)[C@H]4O)cc3C[C@H]2C(=O)[O-])C[C@H](C(=O)O)N1. The van der Waals surface area contributed by atoms with Crippen LogP contribution in [-0.2, 0) is 25.5 Å². The van der Waals surface area contributed by atoms with Crippen LogP contribution in [0.5, 0.6) is 11.5 Å². The second kappa shape index (κ2) is 11.0. The minimum absolute atomic E-state index is 0.0869. The van der Waals surface area contributed by atoms with Gasteiger partial charge in [0.25, 0.3) is 0 Å². The molecule has 1 aromatic carbocycles. The molecule has 0 amide bonds. The molecule has 8 N–H and O–H groups in total. The topological polar surface area (TPSA) is 249 Å². The van der Waals surface area contributed by atoms with E-state index in [0.29, 0.717) is 5.56 Å². The third-order valence-electron chi connectivity index (χ3n) is 6.63. The number of nitrogens with zero attached hydrogens (tertiary/aromatic N) is 1. The Hall–Kier alpha value is -4.02. The van der Waals surface area contributed by atoms with Gasteiger partial charge in [-0.25, -0.2) is 9.59 Å². The first-order valence-corrected chi connectivity index (χ1v) is 11.7. The van der Waals surface area contributed by atoms with E-state index in [9.17, 15) is 55.2 Å². The molecule has 210 valence electrons. The number of carboxylic acids is 3. The largest absolute Gasteiger partial charge is 0.543 e. The summed E-state index contributed by atoms with van der Waals surface area (Å²) < 4.78 is 12.0. The van der Waals surface area contributed by atoms with E-state index in [1.807, 2.05) is 0 Å². The predicted octanol–water partition coefficient (Wildman–Crippen LogP) is -3.70. The maximum absolute atomic E-state index is 11.9. The number of aromatic hydroxyl groups is 1. The number of phenolic OH excluding ortho intramolecular Hbond substituents is 1. The molecule has 0 bridgehead atoms. The maximum atomic E-state index is 11.9. The Bertz CT molecular complexity index is 1270. The van der Waals surface area contributed by atoms with Crippen LogP contribution < -0.4 is 15.2 Å². The van der Waals surface area contributed by atoms with Gasteiger partial charge in [0.1, 0.15) is 42.1 Å². The van der Waals surface area contributed by atoms with Crippen LogP contribution >= 0.6 is 0 Å². The standard InChI is InChI=1S/C24H26N2O13/c27-8-17-18(29)19(30)20(31)24(39-17)38-16-6-10-5-14(23(36)37)26(13(10)7-15(16)28)2-1-9-3-11(21(32)33)25-12(4-9)22(34)35/h1-3,6-7,12,14,17-20,24,27,29-31H,4-5,8H2,(H4,28,32,33,34,35,36,37)/t12-,14+,17-,18-,19+,20-,24-/m1/s1. The van der Waals surface area contributed by atoms with Gasteiger partial charge in [-0.3, -0.25) is 0 Å². The van der Waals surface area contributed by atoms with Crippen molar-refractivity contribution in [3.05, 3.63) is 41.1 Å². The molecule has 0 aliphatic carbocycles. The first kappa shape index (κ1) is 28.0. The van der Waals surface area contributed by atoms with Crippen molar-refractivity contribution < 1.29 is 69.3 Å². The number of hydrogen-bond donors (Lipinski definition) is 8. The lowest BCUT2D eigenvalue weighted by molar-refractivity contribution is -0.475. The average Bonchev–Trinajstić information content (AvgIpc) is 3.24. The van der Waals surface area contributed by atoms with E-state index in [1.54, 1.807) is 0 Å². The molecule has 1 fully saturated rings. The zero-order valence-corrected chi connectivity index (χ0v) is 20.1. The molecule has 0 spiro atoms. The van der Waals surface area contributed by atoms with Gasteiger partial charge in [0.15, 0.2) is 17.7 Å². The first-order valence-electron chi connectivity index (χ1n) is 11.7. The van der Waals surface area contributed by atoms with E-state index in [2.05, 4.69) is 5.32 Å². The quantitative estimate of drug-likeness (QED) is 0.152. The van der Waals surface area contributed by atoms with Crippen LogP contribution in [0, 0.1) is 0 Å². The lowest BCUT2D eigenvalue weighted by atomic mass is 9.99. The summed E-state index contributed by atoms with van der Waals surface area (Å²) in [5.41, 5.74) is 0.535. The normalized spacial score (nSPS) is 32.3. The Balaban J connectivity index is 1.66. The van der Waals surface area contributed by atoms with Crippen LogP contribution in [0.4, 0.5) is 5.69 Å². The fraction of sp³-hybridized carbons (Fsp3) is 0.417. The third-order valence-corrected chi connectivity index (χ3v) is 6.63. The van der Waals surface area contributed by atoms with Crippen molar-refractivity contribution in [3.63, 3.8) is 0 Å². The van der Waals surface area contributed by atoms with Crippen LogP contribution in [-0.4, -0.2) is 114 Å². The molecule has 3 aliphatic heterocycles. The van der Waals surface area contributed by atoms with Gasteiger partial charge in [-0.1, -0.05) is 0 Å². The molecule has 39 heavy (non-hydrogen) atoms. The fourth-order valence-electron chi connectivity index (χ4n) is 4.57. The zero-order valence-electron chi connectivity index (χ0n) is 20.1. The van der Waals surface area contributed by atoms with Gasteiger partial charge < -0.3 is 60.4 Å². The molecular weight excluding hydrogens is 524 g/mol. The molecule has 0 radical (unpaired) electrons. The number of aliphatic hydroxyl groups is 4. The van der Waals surface area contributed by atoms with Gasteiger partial charge in [0, 0.05) is 24.5 Å². The van der Waals surface area contributed by atoms with Crippen molar-refractivity contribution in [3.8, 4) is 11.5 Å². The third kappa shape index (κ3) is 5.57. The van der Waals surface area contributed by atoms with Crippen molar-refractivity contribution in [1.29, 1.82) is 0 Å². The van der Waals surface area contributed by atoms with Crippen molar-refractivity contribution >= 4 is 29.8 Å².